The summed E-state index contributed by atoms with van der Waals surface area (Å²) in [6.45, 7) is 10.5. The summed E-state index contributed by atoms with van der Waals surface area (Å²) in [6, 6.07) is 9.65. The second-order valence-electron chi connectivity index (χ2n) is 6.59. The van der Waals surface area contributed by atoms with Gasteiger partial charge < -0.3 is 10.2 Å². The normalized spacial score (nSPS) is 19.4. The molecule has 0 fully saturated rings. The zero-order valence-electron chi connectivity index (χ0n) is 14.1. The fourth-order valence-electron chi connectivity index (χ4n) is 3.45. The molecule has 1 aliphatic heterocycles. The third-order valence-electron chi connectivity index (χ3n) is 4.59. The molecule has 0 radical (unpaired) electrons. The topological polar surface area (TPSA) is 15.3 Å². The van der Waals surface area contributed by atoms with E-state index < -0.39 is 0 Å². The van der Waals surface area contributed by atoms with Crippen molar-refractivity contribution < 1.29 is 0 Å². The van der Waals surface area contributed by atoms with Gasteiger partial charge in [0.2, 0.25) is 0 Å². The number of hydrogen-bond acceptors (Lipinski definition) is 2. The van der Waals surface area contributed by atoms with E-state index in [1.165, 1.54) is 56.4 Å². The molecule has 1 aromatic rings. The van der Waals surface area contributed by atoms with Crippen molar-refractivity contribution in [2.75, 3.05) is 24.5 Å². The van der Waals surface area contributed by atoms with Gasteiger partial charge >= 0.3 is 0 Å². The average Bonchev–Trinajstić information content (AvgIpc) is 2.50. The van der Waals surface area contributed by atoms with Crippen molar-refractivity contribution in [3.63, 3.8) is 0 Å². The lowest BCUT2D eigenvalue weighted by molar-refractivity contribution is 0.447. The first kappa shape index (κ1) is 16.4. The van der Waals surface area contributed by atoms with Crippen molar-refractivity contribution in [1.82, 2.24) is 5.32 Å². The van der Waals surface area contributed by atoms with Crippen LogP contribution < -0.4 is 10.2 Å². The highest BCUT2D eigenvalue weighted by molar-refractivity contribution is 5.55. The first-order chi connectivity index (χ1) is 10.2. The summed E-state index contributed by atoms with van der Waals surface area (Å²) in [6.07, 6.45) is 6.29. The summed E-state index contributed by atoms with van der Waals surface area (Å²) in [5.74, 6) is 0.778. The molecule has 0 aromatic heterocycles. The predicted octanol–water partition coefficient (Wildman–Crippen LogP) is 4.24. The molecule has 1 N–H and O–H groups in total. The largest absolute Gasteiger partial charge is 0.371 e. The van der Waals surface area contributed by atoms with E-state index in [1.54, 1.807) is 0 Å². The average molecular weight is 288 g/mol. The number of benzene rings is 1. The molecule has 2 rings (SSSR count). The van der Waals surface area contributed by atoms with E-state index in [0.29, 0.717) is 6.04 Å². The smallest absolute Gasteiger partial charge is 0.0398 e. The minimum Gasteiger partial charge on any atom is -0.371 e. The molecule has 0 saturated carbocycles. The Morgan fingerprint density at radius 1 is 1.29 bits per heavy atom. The Morgan fingerprint density at radius 2 is 2.10 bits per heavy atom. The van der Waals surface area contributed by atoms with Crippen LogP contribution >= 0.6 is 0 Å². The number of nitrogens with one attached hydrogen (secondary N) is 1. The van der Waals surface area contributed by atoms with Crippen LogP contribution in [0, 0.1) is 5.92 Å². The monoisotopic (exact) mass is 288 g/mol. The van der Waals surface area contributed by atoms with E-state index in [1.807, 2.05) is 0 Å². The Hall–Kier alpha value is -1.02. The van der Waals surface area contributed by atoms with Crippen LogP contribution in [0.1, 0.15) is 52.0 Å². The maximum Gasteiger partial charge on any atom is 0.0398 e. The van der Waals surface area contributed by atoms with Gasteiger partial charge in [-0.1, -0.05) is 39.0 Å². The molecule has 0 amide bonds. The van der Waals surface area contributed by atoms with E-state index in [4.69, 9.17) is 0 Å². The van der Waals surface area contributed by atoms with Gasteiger partial charge in [-0.15, -0.1) is 0 Å². The molecule has 1 aromatic carbocycles. The van der Waals surface area contributed by atoms with Crippen LogP contribution in [0.5, 0.6) is 0 Å². The predicted molar refractivity (Wildman–Crippen MR) is 93.1 cm³/mol. The molecule has 0 spiro atoms. The van der Waals surface area contributed by atoms with Gasteiger partial charge in [-0.25, -0.2) is 0 Å². The van der Waals surface area contributed by atoms with Crippen molar-refractivity contribution in [3.05, 3.63) is 29.8 Å². The lowest BCUT2D eigenvalue weighted by Crippen LogP contribution is -2.36. The van der Waals surface area contributed by atoms with E-state index in [0.717, 1.165) is 12.5 Å². The quantitative estimate of drug-likeness (QED) is 0.769. The Bertz CT molecular complexity index is 416. The Labute approximate surface area is 130 Å². The lowest BCUT2D eigenvalue weighted by Gasteiger charge is -2.35. The summed E-state index contributed by atoms with van der Waals surface area (Å²) in [5, 5.41) is 3.67. The van der Waals surface area contributed by atoms with Crippen LogP contribution in [0.2, 0.25) is 0 Å². The molecule has 2 heteroatoms. The second-order valence-corrected chi connectivity index (χ2v) is 6.59. The fourth-order valence-corrected chi connectivity index (χ4v) is 3.45. The van der Waals surface area contributed by atoms with Gasteiger partial charge in [0.15, 0.2) is 0 Å². The number of rotatable bonds is 8. The number of anilines is 1. The van der Waals surface area contributed by atoms with Crippen molar-refractivity contribution in [3.8, 4) is 0 Å². The molecule has 21 heavy (non-hydrogen) atoms. The van der Waals surface area contributed by atoms with Crippen molar-refractivity contribution in [2.24, 2.45) is 5.92 Å². The van der Waals surface area contributed by atoms with Crippen LogP contribution in [-0.2, 0) is 6.42 Å². The number of nitrogens with zero attached hydrogens (tertiary/aromatic N) is 1. The molecule has 0 bridgehead atoms. The zero-order valence-corrected chi connectivity index (χ0v) is 14.1. The molecule has 0 aliphatic carbocycles. The van der Waals surface area contributed by atoms with Crippen LogP contribution in [-0.4, -0.2) is 25.7 Å². The van der Waals surface area contributed by atoms with E-state index in [9.17, 15) is 0 Å². The Morgan fingerprint density at radius 3 is 2.86 bits per heavy atom. The molecule has 1 aliphatic rings. The first-order valence-corrected chi connectivity index (χ1v) is 8.80. The Kier molecular flexibility index (Phi) is 6.56. The highest BCUT2D eigenvalue weighted by Gasteiger charge is 2.20. The van der Waals surface area contributed by atoms with Crippen molar-refractivity contribution >= 4 is 5.69 Å². The van der Waals surface area contributed by atoms with Crippen molar-refractivity contribution in [1.29, 1.82) is 0 Å². The Balaban J connectivity index is 1.85. The maximum atomic E-state index is 3.67. The van der Waals surface area contributed by atoms with Gasteiger partial charge in [-0.2, -0.15) is 0 Å². The van der Waals surface area contributed by atoms with E-state index in [-0.39, 0.29) is 0 Å². The molecule has 2 unspecified atom stereocenters. The minimum atomic E-state index is 0.697. The van der Waals surface area contributed by atoms with Gasteiger partial charge in [-0.3, -0.25) is 0 Å². The molecular weight excluding hydrogens is 256 g/mol. The molecule has 2 nitrogen and oxygen atoms in total. The van der Waals surface area contributed by atoms with E-state index >= 15 is 0 Å². The summed E-state index contributed by atoms with van der Waals surface area (Å²) >= 11 is 0. The third-order valence-corrected chi connectivity index (χ3v) is 4.59. The minimum absolute atomic E-state index is 0.697. The SMILES string of the molecule is CCCNC(CC)CCCN1CC(C)Cc2ccccc21. The number of fused-ring (bicyclic) bond motifs is 1. The summed E-state index contributed by atoms with van der Waals surface area (Å²) in [4.78, 5) is 2.61. The second kappa shape index (κ2) is 8.43. The molecule has 0 saturated heterocycles. The van der Waals surface area contributed by atoms with Gasteiger partial charge in [-0.05, 0) is 56.2 Å². The van der Waals surface area contributed by atoms with Crippen LogP contribution in [0.4, 0.5) is 5.69 Å². The molecule has 1 heterocycles. The van der Waals surface area contributed by atoms with Gasteiger partial charge in [0, 0.05) is 24.8 Å². The fraction of sp³-hybridized carbons (Fsp3) is 0.684. The van der Waals surface area contributed by atoms with Gasteiger partial charge in [0.05, 0.1) is 0 Å². The first-order valence-electron chi connectivity index (χ1n) is 8.80. The maximum absolute atomic E-state index is 3.67. The van der Waals surface area contributed by atoms with Gasteiger partial charge in [0.1, 0.15) is 0 Å². The van der Waals surface area contributed by atoms with Gasteiger partial charge in [0.25, 0.3) is 0 Å². The van der Waals surface area contributed by atoms with Crippen LogP contribution in [0.3, 0.4) is 0 Å². The third kappa shape index (κ3) is 4.74. The van der Waals surface area contributed by atoms with E-state index in [2.05, 4.69) is 55.3 Å². The van der Waals surface area contributed by atoms with Crippen LogP contribution in [0.15, 0.2) is 24.3 Å². The van der Waals surface area contributed by atoms with Crippen LogP contribution in [0.25, 0.3) is 0 Å². The zero-order chi connectivity index (χ0) is 15.1. The summed E-state index contributed by atoms with van der Waals surface area (Å²) in [5.41, 5.74) is 3.01. The molecule has 2 atom stereocenters. The number of para-hydroxylation sites is 1. The summed E-state index contributed by atoms with van der Waals surface area (Å²) < 4.78 is 0. The van der Waals surface area contributed by atoms with Crippen molar-refractivity contribution in [2.45, 2.75) is 58.9 Å². The highest BCUT2D eigenvalue weighted by atomic mass is 15.1. The number of hydrogen-bond donors (Lipinski definition) is 1. The molecular formula is C19H32N2. The summed E-state index contributed by atoms with van der Waals surface area (Å²) in [7, 11) is 0. The highest BCUT2D eigenvalue weighted by Crippen LogP contribution is 2.29. The lowest BCUT2D eigenvalue weighted by atomic mass is 9.93. The standard InChI is InChI=1S/C19H32N2/c1-4-12-20-18(5-2)10-8-13-21-15-16(3)14-17-9-6-7-11-19(17)21/h6-7,9,11,16,18,20H,4-5,8,10,12-15H2,1-3H3. The molecule has 118 valence electrons.